The van der Waals surface area contributed by atoms with Crippen LogP contribution in [0.4, 0.5) is 0 Å². The Morgan fingerprint density at radius 1 is 0.524 bits per heavy atom. The number of unbranched alkanes of at least 4 members (excludes halogenated alkanes) is 7. The number of hydrogen-bond acceptors (Lipinski definition) is 0. The van der Waals surface area contributed by atoms with Gasteiger partial charge < -0.3 is 5.53 Å². The normalized spacial score (nSPS) is 13.2. The van der Waals surface area contributed by atoms with Crippen molar-refractivity contribution < 1.29 is 22.7 Å². The maximum atomic E-state index is 11.4. The third kappa shape index (κ3) is 12.1. The predicted octanol–water partition coefficient (Wildman–Crippen LogP) is 13.0. The van der Waals surface area contributed by atoms with Gasteiger partial charge in [-0.2, -0.15) is 0 Å². The van der Waals surface area contributed by atoms with Crippen LogP contribution in [0.15, 0.2) is 59.7 Å². The van der Waals surface area contributed by atoms with E-state index in [0.717, 1.165) is 72.6 Å². The molecule has 3 rings (SSSR count). The topological polar surface area (TPSA) is 25.3 Å². The average Bonchev–Trinajstić information content (AvgIpc) is 3.26. The van der Waals surface area contributed by atoms with Crippen molar-refractivity contribution in [3.63, 3.8) is 0 Å². The molecule has 0 fully saturated rings. The van der Waals surface area contributed by atoms with Crippen molar-refractivity contribution in [3.8, 4) is 0 Å². The second kappa shape index (κ2) is 21.8. The van der Waals surface area contributed by atoms with Gasteiger partial charge in [-0.1, -0.05) is 77.1 Å². The van der Waals surface area contributed by atoms with Crippen molar-refractivity contribution in [1.82, 2.24) is 0 Å². The Morgan fingerprint density at radius 2 is 0.976 bits per heavy atom. The summed E-state index contributed by atoms with van der Waals surface area (Å²) in [5.74, 6) is 0. The van der Waals surface area contributed by atoms with E-state index in [1.807, 2.05) is 0 Å². The van der Waals surface area contributed by atoms with Crippen LogP contribution in [-0.2, 0) is 30.8 Å². The van der Waals surface area contributed by atoms with Crippen molar-refractivity contribution in [2.75, 3.05) is 0 Å². The van der Waals surface area contributed by atoms with Crippen LogP contribution in [0.1, 0.15) is 147 Å². The number of hydrogen-bond donors (Lipinski definition) is 0. The van der Waals surface area contributed by atoms with Gasteiger partial charge in [0.05, 0.1) is 0 Å². The van der Waals surface area contributed by atoms with Crippen LogP contribution in [-0.4, -0.2) is 4.70 Å². The molecule has 0 saturated heterocycles. The van der Waals surface area contributed by atoms with Crippen molar-refractivity contribution in [3.05, 3.63) is 87.5 Å². The monoisotopic (exact) mass is 662 g/mol. The molecular weight excluding hydrogens is 603 g/mol. The van der Waals surface area contributed by atoms with Gasteiger partial charge in [-0.25, -0.2) is 4.70 Å². The van der Waals surface area contributed by atoms with E-state index in [2.05, 4.69) is 90.1 Å². The fourth-order valence-electron chi connectivity index (χ4n) is 5.27. The van der Waals surface area contributed by atoms with E-state index in [1.54, 1.807) is 0 Å². The van der Waals surface area contributed by atoms with Gasteiger partial charge in [0.25, 0.3) is 0 Å². The van der Waals surface area contributed by atoms with E-state index < -0.39 is 0 Å². The van der Waals surface area contributed by atoms with Gasteiger partial charge in [-0.15, -0.1) is 0 Å². The van der Waals surface area contributed by atoms with Gasteiger partial charge in [-0.05, 0) is 80.8 Å². The standard InChI is InChI=1S/C31H42N2.2C4H9.Pd/c1-5-8-11-12-14-26-18-22-28(23-19-26)31-29(15-10-7-3)24(4)30(33(31)32)27-20-16-25(17-21-27)13-9-6-2;2*1-3-4-2;/h16-23H,5-15H2,1-4H3;2*1,3-4H2,2H3;. The summed E-state index contributed by atoms with van der Waals surface area (Å²) >= 11 is 1.07. The average molecular weight is 663 g/mol. The minimum atomic E-state index is 0.932. The first kappa shape index (κ1) is 36.4. The molecule has 236 valence electrons. The van der Waals surface area contributed by atoms with Gasteiger partial charge in [0, 0.05) is 22.3 Å². The molecule has 2 aromatic rings. The first-order chi connectivity index (χ1) is 20.5. The van der Waals surface area contributed by atoms with Gasteiger partial charge in [0.1, 0.15) is 0 Å². The molecule has 42 heavy (non-hydrogen) atoms. The molecule has 0 aromatic heterocycles. The van der Waals surface area contributed by atoms with Crippen LogP contribution in [0.25, 0.3) is 16.9 Å². The van der Waals surface area contributed by atoms with E-state index >= 15 is 0 Å². The molecule has 0 aliphatic carbocycles. The van der Waals surface area contributed by atoms with Crippen molar-refractivity contribution in [2.45, 2.75) is 148 Å². The van der Waals surface area contributed by atoms with Crippen molar-refractivity contribution in [2.24, 2.45) is 0 Å². The number of nitrogens with zero attached hydrogens (tertiary/aromatic N) is 2. The van der Waals surface area contributed by atoms with Crippen LogP contribution in [0.2, 0.25) is 9.79 Å². The number of allylic oxidation sites excluding steroid dienone is 2. The summed E-state index contributed by atoms with van der Waals surface area (Å²) in [5, 5.41) is 0. The Kier molecular flexibility index (Phi) is 18.9. The van der Waals surface area contributed by atoms with E-state index in [1.165, 1.54) is 101 Å². The zero-order valence-electron chi connectivity index (χ0n) is 27.9. The van der Waals surface area contributed by atoms with Crippen LogP contribution in [0, 0.1) is 0 Å². The van der Waals surface area contributed by atoms with Crippen LogP contribution in [0.5, 0.6) is 0 Å². The molecule has 0 radical (unpaired) electrons. The Labute approximate surface area is 268 Å². The fraction of sp³-hybridized carbons (Fsp3) is 0.590. The maximum absolute atomic E-state index is 11.4. The Morgan fingerprint density at radius 3 is 1.48 bits per heavy atom. The Balaban J connectivity index is 0.000000592. The molecule has 0 unspecified atom stereocenters. The predicted molar refractivity (Wildman–Crippen MR) is 181 cm³/mol. The summed E-state index contributed by atoms with van der Waals surface area (Å²) in [4.78, 5) is 3.01. The summed E-state index contributed by atoms with van der Waals surface area (Å²) in [6, 6.07) is 17.7. The molecule has 0 saturated carbocycles. The second-order valence-electron chi connectivity index (χ2n) is 11.7. The molecule has 1 aliphatic heterocycles. The van der Waals surface area contributed by atoms with Crippen LogP contribution in [0.3, 0.4) is 0 Å². The first-order valence-electron chi connectivity index (χ1n) is 17.1. The summed E-state index contributed by atoms with van der Waals surface area (Å²) in [6.07, 6.45) is 18.8. The molecule has 0 amide bonds. The number of aryl methyl sites for hydroxylation is 2. The fourth-order valence-corrected chi connectivity index (χ4v) is 7.54. The van der Waals surface area contributed by atoms with E-state index in [9.17, 15) is 5.53 Å². The molecule has 0 atom stereocenters. The molecule has 1 heterocycles. The summed E-state index contributed by atoms with van der Waals surface area (Å²) in [6.45, 7) is 13.4. The molecule has 1 aliphatic rings. The van der Waals surface area contributed by atoms with Gasteiger partial charge in [0.2, 0.25) is 11.4 Å². The summed E-state index contributed by atoms with van der Waals surface area (Å²) in [5.41, 5.74) is 20.7. The quantitative estimate of drug-likeness (QED) is 0.0812. The van der Waals surface area contributed by atoms with E-state index in [-0.39, 0.29) is 0 Å². The number of rotatable bonds is 19. The zero-order valence-corrected chi connectivity index (χ0v) is 29.4. The molecular formula is C39H60N2Pd. The Hall–Kier alpha value is -1.82. The number of benzene rings is 2. The molecule has 2 nitrogen and oxygen atoms in total. The molecule has 0 bridgehead atoms. The SMILES string of the molecule is CCCCCCc1ccc(C2=C(CCCC)C(C)=C(c3ccc(CCCC)cc3)[N+]2=[N-])cc1.CCC[CH2][Pd][CH2]CCC. The minimum absolute atomic E-state index is 0.932. The molecule has 0 spiro atoms. The van der Waals surface area contributed by atoms with Crippen molar-refractivity contribution >= 4 is 11.4 Å². The molecule has 0 N–H and O–H groups in total. The van der Waals surface area contributed by atoms with Crippen LogP contribution < -0.4 is 0 Å². The zero-order chi connectivity index (χ0) is 30.6. The Bertz CT molecular complexity index is 1090. The summed E-state index contributed by atoms with van der Waals surface area (Å²) < 4.78 is 1.46. The van der Waals surface area contributed by atoms with Gasteiger partial charge in [-0.3, -0.25) is 0 Å². The van der Waals surface area contributed by atoms with Gasteiger partial charge >= 0.3 is 67.3 Å². The third-order valence-electron chi connectivity index (χ3n) is 8.04. The van der Waals surface area contributed by atoms with Crippen molar-refractivity contribution in [1.29, 1.82) is 0 Å². The third-order valence-corrected chi connectivity index (χ3v) is 10.2. The molecule has 3 heteroatoms. The van der Waals surface area contributed by atoms with E-state index in [0.29, 0.717) is 0 Å². The van der Waals surface area contributed by atoms with E-state index in [4.69, 9.17) is 0 Å². The van der Waals surface area contributed by atoms with Crippen LogP contribution >= 0.6 is 0 Å². The summed E-state index contributed by atoms with van der Waals surface area (Å²) in [7, 11) is 0. The first-order valence-corrected chi connectivity index (χ1v) is 19.3. The molecule has 2 aromatic carbocycles. The van der Waals surface area contributed by atoms with Gasteiger partial charge in [0.15, 0.2) is 0 Å². The second-order valence-corrected chi connectivity index (χ2v) is 14.0.